The number of amides is 1. The first kappa shape index (κ1) is 22.7. The molecule has 0 radical (unpaired) electrons. The van der Waals surface area contributed by atoms with Crippen molar-refractivity contribution in [1.82, 2.24) is 14.8 Å². The van der Waals surface area contributed by atoms with Crippen molar-refractivity contribution < 1.29 is 14.7 Å². The average molecular weight is 422 g/mol. The fraction of sp³-hybridized carbons (Fsp3) is 0.400. The van der Waals surface area contributed by atoms with Crippen LogP contribution in [0.3, 0.4) is 0 Å². The van der Waals surface area contributed by atoms with Crippen LogP contribution in [-0.2, 0) is 9.59 Å². The standard InChI is InChI=1S/C25H31N3O3/c1-5-27(6-2)13-8-14-28-22(19-9-7-12-26-16-19)21(24(30)25(28)31)23(29)20-15-17(3)10-11-18(20)4/h7,9-12,15-16,22,29H,5-6,8,13-14H2,1-4H3/b23-21-. The molecule has 6 heteroatoms. The molecule has 31 heavy (non-hydrogen) atoms. The number of aliphatic hydroxyl groups is 1. The second-order valence-corrected chi connectivity index (χ2v) is 7.98. The molecule has 3 rings (SSSR count). The van der Waals surface area contributed by atoms with Crippen molar-refractivity contribution in [3.05, 3.63) is 70.6 Å². The van der Waals surface area contributed by atoms with Crippen LogP contribution in [0.15, 0.2) is 48.3 Å². The molecule has 1 aliphatic heterocycles. The molecule has 1 fully saturated rings. The van der Waals surface area contributed by atoms with Gasteiger partial charge < -0.3 is 14.9 Å². The molecule has 6 nitrogen and oxygen atoms in total. The summed E-state index contributed by atoms with van der Waals surface area (Å²) in [6.45, 7) is 11.2. The smallest absolute Gasteiger partial charge is 0.295 e. The Morgan fingerprint density at radius 3 is 2.55 bits per heavy atom. The number of carbonyl (C=O) groups excluding carboxylic acids is 2. The maximum absolute atomic E-state index is 13.1. The molecule has 1 amide bonds. The zero-order chi connectivity index (χ0) is 22.5. The van der Waals surface area contributed by atoms with Crippen LogP contribution in [-0.4, -0.2) is 57.8 Å². The first-order chi connectivity index (χ1) is 14.9. The number of aliphatic hydroxyl groups excluding tert-OH is 1. The number of likely N-dealkylation sites (tertiary alicyclic amines) is 1. The predicted molar refractivity (Wildman–Crippen MR) is 122 cm³/mol. The zero-order valence-electron chi connectivity index (χ0n) is 18.8. The number of nitrogens with zero attached hydrogens (tertiary/aromatic N) is 3. The third-order valence-electron chi connectivity index (χ3n) is 5.96. The predicted octanol–water partition coefficient (Wildman–Crippen LogP) is 3.85. The van der Waals surface area contributed by atoms with Crippen LogP contribution in [0.1, 0.15) is 48.6 Å². The SMILES string of the molecule is CCN(CC)CCCN1C(=O)C(=O)/C(=C(\O)c2cc(C)ccc2C)C1c1cccnc1. The largest absolute Gasteiger partial charge is 0.507 e. The van der Waals surface area contributed by atoms with Gasteiger partial charge in [0, 0.05) is 24.5 Å². The van der Waals surface area contributed by atoms with Crippen LogP contribution in [0, 0.1) is 13.8 Å². The summed E-state index contributed by atoms with van der Waals surface area (Å²) in [5.41, 5.74) is 3.25. The van der Waals surface area contributed by atoms with Gasteiger partial charge in [-0.15, -0.1) is 0 Å². The Balaban J connectivity index is 2.04. The van der Waals surface area contributed by atoms with Crippen molar-refractivity contribution in [3.63, 3.8) is 0 Å². The summed E-state index contributed by atoms with van der Waals surface area (Å²) >= 11 is 0. The lowest BCUT2D eigenvalue weighted by Gasteiger charge is -2.26. The van der Waals surface area contributed by atoms with Crippen LogP contribution >= 0.6 is 0 Å². The summed E-state index contributed by atoms with van der Waals surface area (Å²) in [6, 6.07) is 8.68. The quantitative estimate of drug-likeness (QED) is 0.398. The second kappa shape index (κ2) is 9.88. The highest BCUT2D eigenvalue weighted by molar-refractivity contribution is 6.46. The van der Waals surface area contributed by atoms with Gasteiger partial charge in [0.25, 0.3) is 11.7 Å². The summed E-state index contributed by atoms with van der Waals surface area (Å²) in [5, 5.41) is 11.2. The van der Waals surface area contributed by atoms with Crippen LogP contribution in [0.2, 0.25) is 0 Å². The second-order valence-electron chi connectivity index (χ2n) is 7.98. The van der Waals surface area contributed by atoms with E-state index in [1.165, 1.54) is 0 Å². The molecule has 1 N–H and O–H groups in total. The highest BCUT2D eigenvalue weighted by atomic mass is 16.3. The van der Waals surface area contributed by atoms with Crippen molar-refractivity contribution in [2.24, 2.45) is 0 Å². The van der Waals surface area contributed by atoms with Crippen LogP contribution in [0.4, 0.5) is 0 Å². The maximum Gasteiger partial charge on any atom is 0.295 e. The molecule has 1 aromatic heterocycles. The number of carbonyl (C=O) groups is 2. The minimum atomic E-state index is -0.648. The minimum absolute atomic E-state index is 0.125. The maximum atomic E-state index is 13.1. The van der Waals surface area contributed by atoms with E-state index in [0.29, 0.717) is 12.1 Å². The first-order valence-electron chi connectivity index (χ1n) is 10.9. The molecule has 1 aliphatic rings. The molecule has 2 aromatic rings. The van der Waals surface area contributed by atoms with E-state index in [1.54, 1.807) is 23.4 Å². The highest BCUT2D eigenvalue weighted by Crippen LogP contribution is 2.39. The van der Waals surface area contributed by atoms with Gasteiger partial charge in [-0.25, -0.2) is 0 Å². The van der Waals surface area contributed by atoms with Gasteiger partial charge >= 0.3 is 0 Å². The summed E-state index contributed by atoms with van der Waals surface area (Å²) < 4.78 is 0. The summed E-state index contributed by atoms with van der Waals surface area (Å²) in [4.78, 5) is 34.1. The lowest BCUT2D eigenvalue weighted by Crippen LogP contribution is -2.33. The third-order valence-corrected chi connectivity index (χ3v) is 5.96. The van der Waals surface area contributed by atoms with Gasteiger partial charge in [-0.05, 0) is 63.2 Å². The number of hydrogen-bond donors (Lipinski definition) is 1. The molecule has 0 aliphatic carbocycles. The van der Waals surface area contributed by atoms with Crippen molar-refractivity contribution in [1.29, 1.82) is 0 Å². The fourth-order valence-electron chi connectivity index (χ4n) is 4.14. The van der Waals surface area contributed by atoms with Crippen LogP contribution < -0.4 is 0 Å². The van der Waals surface area contributed by atoms with E-state index >= 15 is 0 Å². The molecule has 0 bridgehead atoms. The van der Waals surface area contributed by atoms with Crippen molar-refractivity contribution >= 4 is 17.4 Å². The van der Waals surface area contributed by atoms with Crippen molar-refractivity contribution in [3.8, 4) is 0 Å². The van der Waals surface area contributed by atoms with E-state index in [9.17, 15) is 14.7 Å². The molecule has 2 heterocycles. The van der Waals surface area contributed by atoms with E-state index in [4.69, 9.17) is 0 Å². The summed E-state index contributed by atoms with van der Waals surface area (Å²) in [7, 11) is 0. The Morgan fingerprint density at radius 2 is 1.90 bits per heavy atom. The summed E-state index contributed by atoms with van der Waals surface area (Å²) in [5.74, 6) is -1.34. The molecule has 1 unspecified atom stereocenters. The molecule has 1 saturated heterocycles. The van der Waals surface area contributed by atoms with E-state index in [1.807, 2.05) is 38.1 Å². The Bertz CT molecular complexity index is 981. The molecular formula is C25H31N3O3. The lowest BCUT2D eigenvalue weighted by molar-refractivity contribution is -0.140. The Morgan fingerprint density at radius 1 is 1.16 bits per heavy atom. The molecule has 164 valence electrons. The average Bonchev–Trinajstić information content (AvgIpc) is 3.03. The van der Waals surface area contributed by atoms with E-state index in [-0.39, 0.29) is 11.3 Å². The third kappa shape index (κ3) is 4.69. The Kier molecular flexibility index (Phi) is 7.23. The number of Topliss-reactive ketones (excluding diaryl/α,β-unsaturated/α-hetero) is 1. The topological polar surface area (TPSA) is 73.7 Å². The van der Waals surface area contributed by atoms with Gasteiger partial charge in [0.15, 0.2) is 0 Å². The molecular weight excluding hydrogens is 390 g/mol. The normalized spacial score (nSPS) is 18.2. The number of pyridine rings is 1. The van der Waals surface area contributed by atoms with Gasteiger partial charge in [-0.2, -0.15) is 0 Å². The van der Waals surface area contributed by atoms with Crippen molar-refractivity contribution in [2.75, 3.05) is 26.2 Å². The van der Waals surface area contributed by atoms with E-state index < -0.39 is 17.7 Å². The molecule has 1 aromatic carbocycles. The number of aromatic nitrogens is 1. The number of ketones is 1. The minimum Gasteiger partial charge on any atom is -0.507 e. The fourth-order valence-corrected chi connectivity index (χ4v) is 4.14. The van der Waals surface area contributed by atoms with Gasteiger partial charge in [0.1, 0.15) is 5.76 Å². The molecule has 0 saturated carbocycles. The highest BCUT2D eigenvalue weighted by Gasteiger charge is 2.46. The van der Waals surface area contributed by atoms with Gasteiger partial charge in [0.05, 0.1) is 11.6 Å². The monoisotopic (exact) mass is 421 g/mol. The zero-order valence-corrected chi connectivity index (χ0v) is 18.8. The number of aryl methyl sites for hydroxylation is 2. The molecule has 1 atom stereocenters. The number of rotatable bonds is 8. The lowest BCUT2D eigenvalue weighted by atomic mass is 9.94. The van der Waals surface area contributed by atoms with Gasteiger partial charge in [-0.1, -0.05) is 37.6 Å². The number of hydrogen-bond acceptors (Lipinski definition) is 5. The Hall–Kier alpha value is -2.99. The Labute approximate surface area is 184 Å². The molecule has 0 spiro atoms. The van der Waals surface area contributed by atoms with Crippen molar-refractivity contribution in [2.45, 2.75) is 40.2 Å². The van der Waals surface area contributed by atoms with Crippen LogP contribution in [0.5, 0.6) is 0 Å². The van der Waals surface area contributed by atoms with Gasteiger partial charge in [-0.3, -0.25) is 14.6 Å². The van der Waals surface area contributed by atoms with Gasteiger partial charge in [0.2, 0.25) is 0 Å². The van der Waals surface area contributed by atoms with E-state index in [0.717, 1.165) is 42.7 Å². The van der Waals surface area contributed by atoms with Crippen LogP contribution in [0.25, 0.3) is 5.76 Å². The summed E-state index contributed by atoms with van der Waals surface area (Å²) in [6.07, 6.45) is 4.06. The first-order valence-corrected chi connectivity index (χ1v) is 10.9. The van der Waals surface area contributed by atoms with E-state index in [2.05, 4.69) is 23.7 Å². The number of benzene rings is 1.